The molecule has 1 saturated heterocycles. The number of anilines is 3. The lowest BCUT2D eigenvalue weighted by atomic mass is 9.87. The van der Waals surface area contributed by atoms with Gasteiger partial charge in [0.2, 0.25) is 5.91 Å². The van der Waals surface area contributed by atoms with Gasteiger partial charge in [0.25, 0.3) is 5.88 Å². The molecular formula is C25H23FN4O4. The van der Waals surface area contributed by atoms with Gasteiger partial charge in [0, 0.05) is 48.0 Å². The van der Waals surface area contributed by atoms with Crippen molar-refractivity contribution in [1.82, 2.24) is 9.97 Å². The molecule has 1 aromatic carbocycles. The summed E-state index contributed by atoms with van der Waals surface area (Å²) in [7, 11) is 0. The maximum Gasteiger partial charge on any atom is 0.257 e. The Morgan fingerprint density at radius 1 is 1.03 bits per heavy atom. The van der Waals surface area contributed by atoms with Crippen LogP contribution in [0.5, 0.6) is 17.4 Å². The number of carbonyl (C=O) groups is 1. The molecule has 0 aliphatic carbocycles. The van der Waals surface area contributed by atoms with E-state index in [1.165, 1.54) is 11.0 Å². The molecule has 0 bridgehead atoms. The zero-order valence-corrected chi connectivity index (χ0v) is 18.9. The van der Waals surface area contributed by atoms with Crippen molar-refractivity contribution in [3.63, 3.8) is 0 Å². The van der Waals surface area contributed by atoms with Crippen molar-refractivity contribution in [2.45, 2.75) is 32.3 Å². The van der Waals surface area contributed by atoms with Gasteiger partial charge in [0.1, 0.15) is 36.2 Å². The highest BCUT2D eigenvalue weighted by Gasteiger charge is 2.35. The lowest BCUT2D eigenvalue weighted by Gasteiger charge is -2.35. The largest absolute Gasteiger partial charge is 0.484 e. The van der Waals surface area contributed by atoms with Gasteiger partial charge in [0.15, 0.2) is 5.75 Å². The van der Waals surface area contributed by atoms with E-state index in [9.17, 15) is 4.79 Å². The second-order valence-corrected chi connectivity index (χ2v) is 9.03. The Kier molecular flexibility index (Phi) is 4.62. The van der Waals surface area contributed by atoms with Crippen molar-refractivity contribution >= 4 is 23.1 Å². The zero-order chi connectivity index (χ0) is 23.4. The Hall–Kier alpha value is -3.88. The van der Waals surface area contributed by atoms with Gasteiger partial charge in [-0.1, -0.05) is 0 Å². The van der Waals surface area contributed by atoms with E-state index >= 15 is 4.39 Å². The normalized spacial score (nSPS) is 17.6. The molecule has 0 atom stereocenters. The number of carbonyl (C=O) groups excluding carboxylic acids is 1. The fourth-order valence-corrected chi connectivity index (χ4v) is 4.66. The molecule has 3 aliphatic rings. The molecule has 9 heteroatoms. The van der Waals surface area contributed by atoms with Crippen molar-refractivity contribution in [2.24, 2.45) is 0 Å². The van der Waals surface area contributed by atoms with E-state index in [0.29, 0.717) is 60.6 Å². The minimum absolute atomic E-state index is 0.0691. The highest BCUT2D eigenvalue weighted by molar-refractivity contribution is 5.96. The first-order valence-corrected chi connectivity index (χ1v) is 11.3. The van der Waals surface area contributed by atoms with Crippen molar-refractivity contribution in [3.05, 3.63) is 48.0 Å². The number of halogens is 1. The SMILES string of the molecule is CC1(C)Oc2cc(N3CCCC3=O)c(F)cc2-c2cnc(Nc3cnc4c(c3)OCCO4)cc21. The number of nitrogens with one attached hydrogen (secondary N) is 1. The Morgan fingerprint density at radius 3 is 2.71 bits per heavy atom. The van der Waals surface area contributed by atoms with Crippen molar-refractivity contribution in [2.75, 3.05) is 30.0 Å². The van der Waals surface area contributed by atoms with Crippen molar-refractivity contribution in [1.29, 1.82) is 0 Å². The maximum atomic E-state index is 15.1. The van der Waals surface area contributed by atoms with E-state index in [1.54, 1.807) is 18.5 Å². The molecule has 1 amide bonds. The molecule has 8 nitrogen and oxygen atoms in total. The van der Waals surface area contributed by atoms with Crippen LogP contribution in [0, 0.1) is 5.82 Å². The molecule has 174 valence electrons. The molecule has 1 N–H and O–H groups in total. The van der Waals surface area contributed by atoms with Gasteiger partial charge in [-0.05, 0) is 32.4 Å². The number of ether oxygens (including phenoxy) is 3. The smallest absolute Gasteiger partial charge is 0.257 e. The first-order chi connectivity index (χ1) is 16.4. The molecule has 6 rings (SSSR count). The van der Waals surface area contributed by atoms with Gasteiger partial charge < -0.3 is 24.4 Å². The quantitative estimate of drug-likeness (QED) is 0.611. The highest BCUT2D eigenvalue weighted by Crippen LogP contribution is 2.48. The summed E-state index contributed by atoms with van der Waals surface area (Å²) in [6.07, 6.45) is 4.53. The van der Waals surface area contributed by atoms with Crippen LogP contribution in [-0.2, 0) is 10.4 Å². The van der Waals surface area contributed by atoms with Crippen LogP contribution in [0.4, 0.5) is 21.6 Å². The number of hydrogen-bond acceptors (Lipinski definition) is 7. The van der Waals surface area contributed by atoms with E-state index in [4.69, 9.17) is 14.2 Å². The molecule has 3 aliphatic heterocycles. The third kappa shape index (κ3) is 3.39. The van der Waals surface area contributed by atoms with Crippen LogP contribution in [0.1, 0.15) is 32.3 Å². The summed E-state index contributed by atoms with van der Waals surface area (Å²) in [6.45, 7) is 5.37. The molecule has 0 spiro atoms. The molecule has 5 heterocycles. The molecule has 34 heavy (non-hydrogen) atoms. The minimum atomic E-state index is -0.698. The first kappa shape index (κ1) is 20.7. The lowest BCUT2D eigenvalue weighted by Crippen LogP contribution is -2.30. The van der Waals surface area contributed by atoms with Crippen molar-refractivity contribution in [3.8, 4) is 28.5 Å². The van der Waals surface area contributed by atoms with Gasteiger partial charge in [-0.2, -0.15) is 0 Å². The minimum Gasteiger partial charge on any atom is -0.484 e. The Balaban J connectivity index is 1.36. The van der Waals surface area contributed by atoms with E-state index in [-0.39, 0.29) is 11.6 Å². The van der Waals surface area contributed by atoms with Crippen LogP contribution in [0.2, 0.25) is 0 Å². The number of pyridine rings is 2. The number of benzene rings is 1. The average molecular weight is 462 g/mol. The number of fused-ring (bicyclic) bond motifs is 4. The molecule has 0 saturated carbocycles. The molecule has 2 aromatic heterocycles. The predicted octanol–water partition coefficient (Wildman–Crippen LogP) is 4.55. The van der Waals surface area contributed by atoms with Crippen LogP contribution in [-0.4, -0.2) is 35.6 Å². The Bertz CT molecular complexity index is 1330. The standard InChI is InChI=1S/C25H23FN4O4/c1-25(2)17-10-22(29-14-8-21-24(28-12-14)33-7-6-32-21)27-13-16(17)15-9-18(26)19(11-20(15)34-25)30-5-3-4-23(30)31/h8-13H,3-7H2,1-2H3,(H,27,29). The van der Waals surface area contributed by atoms with Gasteiger partial charge in [0.05, 0.1) is 17.6 Å². The van der Waals surface area contributed by atoms with Gasteiger partial charge in [-0.3, -0.25) is 4.79 Å². The van der Waals surface area contributed by atoms with E-state index in [0.717, 1.165) is 17.5 Å². The third-order valence-corrected chi connectivity index (χ3v) is 6.29. The van der Waals surface area contributed by atoms with Crippen LogP contribution < -0.4 is 24.4 Å². The van der Waals surface area contributed by atoms with Crippen LogP contribution >= 0.6 is 0 Å². The number of amides is 1. The first-order valence-electron chi connectivity index (χ1n) is 11.3. The van der Waals surface area contributed by atoms with E-state index in [2.05, 4.69) is 15.3 Å². The predicted molar refractivity (Wildman–Crippen MR) is 123 cm³/mol. The third-order valence-electron chi connectivity index (χ3n) is 6.29. The summed E-state index contributed by atoms with van der Waals surface area (Å²) in [4.78, 5) is 22.5. The summed E-state index contributed by atoms with van der Waals surface area (Å²) in [5.74, 6) is 1.66. The van der Waals surface area contributed by atoms with Crippen LogP contribution in [0.3, 0.4) is 0 Å². The second kappa shape index (κ2) is 7.58. The summed E-state index contributed by atoms with van der Waals surface area (Å²) in [5.41, 5.74) is 2.54. The van der Waals surface area contributed by atoms with Crippen LogP contribution in [0.15, 0.2) is 36.7 Å². The molecule has 0 unspecified atom stereocenters. The van der Waals surface area contributed by atoms with Crippen LogP contribution in [0.25, 0.3) is 11.1 Å². The summed E-state index contributed by atoms with van der Waals surface area (Å²) >= 11 is 0. The Morgan fingerprint density at radius 2 is 1.88 bits per heavy atom. The van der Waals surface area contributed by atoms with Gasteiger partial charge >= 0.3 is 0 Å². The molecule has 3 aromatic rings. The molecular weight excluding hydrogens is 439 g/mol. The highest BCUT2D eigenvalue weighted by atomic mass is 19.1. The number of rotatable bonds is 3. The molecule has 1 fully saturated rings. The average Bonchev–Trinajstić information content (AvgIpc) is 3.25. The number of aromatic nitrogens is 2. The maximum absolute atomic E-state index is 15.1. The Labute approximate surface area is 195 Å². The summed E-state index contributed by atoms with van der Waals surface area (Å²) in [6, 6.07) is 6.77. The fourth-order valence-electron chi connectivity index (χ4n) is 4.66. The number of nitrogens with zero attached hydrogens (tertiary/aromatic N) is 3. The monoisotopic (exact) mass is 462 g/mol. The zero-order valence-electron chi connectivity index (χ0n) is 18.9. The molecule has 0 radical (unpaired) electrons. The van der Waals surface area contributed by atoms with E-state index in [1.807, 2.05) is 26.0 Å². The van der Waals surface area contributed by atoms with E-state index < -0.39 is 11.4 Å². The summed E-state index contributed by atoms with van der Waals surface area (Å²) < 4.78 is 32.5. The summed E-state index contributed by atoms with van der Waals surface area (Å²) in [5, 5.41) is 3.25. The topological polar surface area (TPSA) is 85.8 Å². The van der Waals surface area contributed by atoms with Gasteiger partial charge in [-0.15, -0.1) is 0 Å². The van der Waals surface area contributed by atoms with Crippen molar-refractivity contribution < 1.29 is 23.4 Å². The van der Waals surface area contributed by atoms with Gasteiger partial charge in [-0.25, -0.2) is 14.4 Å². The number of hydrogen-bond donors (Lipinski definition) is 1. The fraction of sp³-hybridized carbons (Fsp3) is 0.320. The second-order valence-electron chi connectivity index (χ2n) is 9.03. The lowest BCUT2D eigenvalue weighted by molar-refractivity contribution is -0.117.